The zero-order valence-corrected chi connectivity index (χ0v) is 9.37. The van der Waals surface area contributed by atoms with Crippen LogP contribution in [0.25, 0.3) is 11.0 Å². The first-order valence-corrected chi connectivity index (χ1v) is 5.47. The molecule has 6 nitrogen and oxygen atoms in total. The molecule has 0 radical (unpaired) electrons. The number of ether oxygens (including phenoxy) is 1. The van der Waals surface area contributed by atoms with Crippen LogP contribution in [0.3, 0.4) is 0 Å². The average Bonchev–Trinajstić information content (AvgIpc) is 2.78. The molecule has 0 aliphatic carbocycles. The summed E-state index contributed by atoms with van der Waals surface area (Å²) < 4.78 is 6.48. The molecule has 0 bridgehead atoms. The van der Waals surface area contributed by atoms with Gasteiger partial charge < -0.3 is 10.5 Å². The molecule has 90 valence electrons. The van der Waals surface area contributed by atoms with Crippen LogP contribution >= 0.6 is 0 Å². The Hall–Kier alpha value is -1.95. The first kappa shape index (κ1) is 11.5. The van der Waals surface area contributed by atoms with Crippen LogP contribution in [-0.2, 0) is 4.74 Å². The molecule has 6 heteroatoms. The molecule has 0 aliphatic rings. The van der Waals surface area contributed by atoms with Gasteiger partial charge in [-0.3, -0.25) is 0 Å². The van der Waals surface area contributed by atoms with E-state index < -0.39 is 6.09 Å². The summed E-state index contributed by atoms with van der Waals surface area (Å²) in [6.07, 6.45) is 5.89. The van der Waals surface area contributed by atoms with E-state index in [9.17, 15) is 4.79 Å². The third kappa shape index (κ3) is 2.59. The molecule has 2 rings (SSSR count). The lowest BCUT2D eigenvalue weighted by Crippen LogP contribution is -2.14. The van der Waals surface area contributed by atoms with Gasteiger partial charge in [-0.15, -0.1) is 0 Å². The molecule has 0 unspecified atom stereocenters. The number of unbranched alkanes of at least 4 members (excludes halogenated alkanes) is 1. The summed E-state index contributed by atoms with van der Waals surface area (Å²) in [7, 11) is 0. The molecule has 0 aliphatic heterocycles. The van der Waals surface area contributed by atoms with E-state index >= 15 is 0 Å². The van der Waals surface area contributed by atoms with Crippen LogP contribution in [-0.4, -0.2) is 33.8 Å². The number of rotatable bonds is 4. The smallest absolute Gasteiger partial charge is 0.419 e. The van der Waals surface area contributed by atoms with E-state index in [0.29, 0.717) is 18.8 Å². The molecule has 2 N–H and O–H groups in total. The molecule has 2 aromatic rings. The van der Waals surface area contributed by atoms with Crippen molar-refractivity contribution in [2.24, 2.45) is 5.73 Å². The van der Waals surface area contributed by atoms with Crippen LogP contribution in [0.4, 0.5) is 4.79 Å². The van der Waals surface area contributed by atoms with Gasteiger partial charge in [-0.25, -0.2) is 19.3 Å². The molecular formula is C11H14N4O2. The Kier molecular flexibility index (Phi) is 3.66. The minimum Gasteiger partial charge on any atom is -0.449 e. The van der Waals surface area contributed by atoms with E-state index in [4.69, 9.17) is 10.5 Å². The van der Waals surface area contributed by atoms with Gasteiger partial charge in [0.2, 0.25) is 0 Å². The van der Waals surface area contributed by atoms with Crippen LogP contribution in [0.15, 0.2) is 24.8 Å². The lowest BCUT2D eigenvalue weighted by Gasteiger charge is -2.05. The molecule has 0 saturated carbocycles. The highest BCUT2D eigenvalue weighted by Gasteiger charge is 2.10. The van der Waals surface area contributed by atoms with Crippen molar-refractivity contribution in [1.29, 1.82) is 0 Å². The topological polar surface area (TPSA) is 83.0 Å². The molecule has 0 aromatic carbocycles. The minimum absolute atomic E-state index is 0.376. The Labute approximate surface area is 98.4 Å². The number of aromatic nitrogens is 3. The lowest BCUT2D eigenvalue weighted by atomic mass is 10.3. The van der Waals surface area contributed by atoms with Crippen molar-refractivity contribution < 1.29 is 9.53 Å². The van der Waals surface area contributed by atoms with Gasteiger partial charge in [0.15, 0.2) is 5.65 Å². The Balaban J connectivity index is 2.04. The number of nitrogens with two attached hydrogens (primary N) is 1. The van der Waals surface area contributed by atoms with Gasteiger partial charge >= 0.3 is 6.09 Å². The maximum atomic E-state index is 11.7. The van der Waals surface area contributed by atoms with Crippen molar-refractivity contribution in [1.82, 2.24) is 14.5 Å². The van der Waals surface area contributed by atoms with Crippen LogP contribution < -0.4 is 5.73 Å². The summed E-state index contributed by atoms with van der Waals surface area (Å²) in [6, 6.07) is 1.77. The highest BCUT2D eigenvalue weighted by molar-refractivity contribution is 5.86. The van der Waals surface area contributed by atoms with Gasteiger partial charge in [-0.2, -0.15) is 0 Å². The molecule has 17 heavy (non-hydrogen) atoms. The monoisotopic (exact) mass is 234 g/mol. The van der Waals surface area contributed by atoms with Gasteiger partial charge in [0.1, 0.15) is 6.33 Å². The molecule has 2 heterocycles. The van der Waals surface area contributed by atoms with Crippen LogP contribution in [0.2, 0.25) is 0 Å². The fourth-order valence-electron chi connectivity index (χ4n) is 1.50. The summed E-state index contributed by atoms with van der Waals surface area (Å²) in [5.74, 6) is 0. The Morgan fingerprint density at radius 3 is 3.18 bits per heavy atom. The van der Waals surface area contributed by atoms with Gasteiger partial charge in [-0.05, 0) is 25.5 Å². The fourth-order valence-corrected chi connectivity index (χ4v) is 1.50. The molecular weight excluding hydrogens is 220 g/mol. The SMILES string of the molecule is NCCCCOC(=O)n1ccc2cncnc21. The third-order valence-electron chi connectivity index (χ3n) is 2.37. The molecule has 0 amide bonds. The number of hydrogen-bond acceptors (Lipinski definition) is 5. The number of carbonyl (C=O) groups is 1. The number of carbonyl (C=O) groups excluding carboxylic acids is 1. The van der Waals surface area contributed by atoms with E-state index in [0.717, 1.165) is 18.2 Å². The average molecular weight is 234 g/mol. The summed E-state index contributed by atoms with van der Waals surface area (Å²) in [5, 5.41) is 0.811. The maximum Gasteiger partial charge on any atom is 0.419 e. The van der Waals surface area contributed by atoms with Crippen molar-refractivity contribution in [3.63, 3.8) is 0 Å². The normalized spacial score (nSPS) is 10.6. The fraction of sp³-hybridized carbons (Fsp3) is 0.364. The number of fused-ring (bicyclic) bond motifs is 1. The first-order chi connectivity index (χ1) is 8.33. The van der Waals surface area contributed by atoms with Gasteiger partial charge in [-0.1, -0.05) is 0 Å². The predicted octanol–water partition coefficient (Wildman–Crippen LogP) is 1.15. The van der Waals surface area contributed by atoms with Gasteiger partial charge in [0.05, 0.1) is 6.61 Å². The highest BCUT2D eigenvalue weighted by atomic mass is 16.5. The Morgan fingerprint density at radius 1 is 1.47 bits per heavy atom. The molecule has 0 saturated heterocycles. The quantitative estimate of drug-likeness (QED) is 0.802. The second-order valence-corrected chi connectivity index (χ2v) is 3.60. The zero-order valence-electron chi connectivity index (χ0n) is 9.37. The summed E-state index contributed by atoms with van der Waals surface area (Å²) >= 11 is 0. The van der Waals surface area contributed by atoms with E-state index in [-0.39, 0.29) is 0 Å². The predicted molar refractivity (Wildman–Crippen MR) is 62.6 cm³/mol. The first-order valence-electron chi connectivity index (χ1n) is 5.47. The van der Waals surface area contributed by atoms with Crippen molar-refractivity contribution in [2.45, 2.75) is 12.8 Å². The molecule has 0 atom stereocenters. The maximum absolute atomic E-state index is 11.7. The number of hydrogen-bond donors (Lipinski definition) is 1. The second-order valence-electron chi connectivity index (χ2n) is 3.60. The van der Waals surface area contributed by atoms with Crippen LogP contribution in [0.5, 0.6) is 0 Å². The lowest BCUT2D eigenvalue weighted by molar-refractivity contribution is 0.147. The Bertz CT molecular complexity index is 509. The van der Waals surface area contributed by atoms with Crippen molar-refractivity contribution >= 4 is 17.1 Å². The van der Waals surface area contributed by atoms with Crippen molar-refractivity contribution in [3.05, 3.63) is 24.8 Å². The summed E-state index contributed by atoms with van der Waals surface area (Å²) in [5.41, 5.74) is 5.91. The molecule has 2 aromatic heterocycles. The summed E-state index contributed by atoms with van der Waals surface area (Å²) in [6.45, 7) is 0.984. The van der Waals surface area contributed by atoms with E-state index in [1.807, 2.05) is 0 Å². The second kappa shape index (κ2) is 5.40. The Morgan fingerprint density at radius 2 is 2.35 bits per heavy atom. The third-order valence-corrected chi connectivity index (χ3v) is 2.37. The zero-order chi connectivity index (χ0) is 12.1. The standard InChI is InChI=1S/C11H14N4O2/c12-4-1-2-6-17-11(16)15-5-3-9-7-13-8-14-10(9)15/h3,5,7-8H,1-2,4,6,12H2. The molecule has 0 spiro atoms. The van der Waals surface area contributed by atoms with E-state index in [2.05, 4.69) is 9.97 Å². The minimum atomic E-state index is -0.421. The van der Waals surface area contributed by atoms with Crippen molar-refractivity contribution in [2.75, 3.05) is 13.2 Å². The molecule has 0 fully saturated rings. The van der Waals surface area contributed by atoms with E-state index in [1.165, 1.54) is 10.9 Å². The van der Waals surface area contributed by atoms with E-state index in [1.54, 1.807) is 18.5 Å². The number of nitrogens with zero attached hydrogens (tertiary/aromatic N) is 3. The van der Waals surface area contributed by atoms with Crippen LogP contribution in [0, 0.1) is 0 Å². The summed E-state index contributed by atoms with van der Waals surface area (Å²) in [4.78, 5) is 19.7. The van der Waals surface area contributed by atoms with Gasteiger partial charge in [0, 0.05) is 17.8 Å². The highest BCUT2D eigenvalue weighted by Crippen LogP contribution is 2.11. The largest absolute Gasteiger partial charge is 0.449 e. The van der Waals surface area contributed by atoms with Gasteiger partial charge in [0.25, 0.3) is 0 Å². The van der Waals surface area contributed by atoms with Crippen LogP contribution in [0.1, 0.15) is 12.8 Å². The van der Waals surface area contributed by atoms with Crippen molar-refractivity contribution in [3.8, 4) is 0 Å².